The molecule has 0 aliphatic carbocycles. The molecular weight excluding hydrogens is 250 g/mol. The molecule has 0 bridgehead atoms. The Morgan fingerprint density at radius 2 is 2.33 bits per heavy atom. The summed E-state index contributed by atoms with van der Waals surface area (Å²) in [6, 6.07) is 0. The topological polar surface area (TPSA) is 43.7 Å². The quantitative estimate of drug-likeness (QED) is 0.726. The van der Waals surface area contributed by atoms with Crippen LogP contribution in [0, 0.1) is 5.92 Å². The molecule has 1 aliphatic heterocycles. The number of likely N-dealkylation sites (tertiary alicyclic amines) is 1. The van der Waals surface area contributed by atoms with Crippen LogP contribution in [0.2, 0.25) is 0 Å². The third-order valence-corrected chi connectivity index (χ3v) is 3.52. The van der Waals surface area contributed by atoms with E-state index in [9.17, 15) is 5.11 Å². The molecule has 2 unspecified atom stereocenters. The summed E-state index contributed by atoms with van der Waals surface area (Å²) in [6.07, 6.45) is 6.06. The Bertz CT molecular complexity index is 339. The maximum atomic E-state index is 9.43. The van der Waals surface area contributed by atoms with Crippen LogP contribution in [0.15, 0.2) is 35.4 Å². The lowest BCUT2D eigenvalue weighted by Crippen LogP contribution is -2.32. The van der Waals surface area contributed by atoms with E-state index in [-0.39, 0.29) is 6.61 Å². The standard InChI is InChI=1S/C14H22ClNO2/c1-3-11(7-13(15)4-2)12-5-6-16(8-12)9-14(18)10-17/h3-4,7,12,14,17-18H,2,5-6,8-10H2,1H3/b11-3+,13-7+. The average Bonchev–Trinajstić information content (AvgIpc) is 2.83. The van der Waals surface area contributed by atoms with Crippen LogP contribution < -0.4 is 0 Å². The molecule has 1 aliphatic rings. The molecule has 1 rings (SSSR count). The Labute approximate surface area is 114 Å². The lowest BCUT2D eigenvalue weighted by atomic mass is 9.97. The highest BCUT2D eigenvalue weighted by Crippen LogP contribution is 2.26. The molecule has 102 valence electrons. The van der Waals surface area contributed by atoms with Crippen LogP contribution in [0.25, 0.3) is 0 Å². The zero-order valence-corrected chi connectivity index (χ0v) is 11.6. The fourth-order valence-electron chi connectivity index (χ4n) is 2.28. The van der Waals surface area contributed by atoms with Gasteiger partial charge in [-0.1, -0.05) is 30.3 Å². The number of allylic oxidation sites excluding steroid dienone is 4. The van der Waals surface area contributed by atoms with E-state index in [0.29, 0.717) is 17.5 Å². The number of β-amino-alcohol motifs (C(OH)–C–C–N with tert-alkyl or cyclic N) is 1. The van der Waals surface area contributed by atoms with Gasteiger partial charge in [-0.2, -0.15) is 0 Å². The fourth-order valence-corrected chi connectivity index (χ4v) is 2.41. The van der Waals surface area contributed by atoms with Crippen molar-refractivity contribution >= 4 is 11.6 Å². The summed E-state index contributed by atoms with van der Waals surface area (Å²) in [7, 11) is 0. The van der Waals surface area contributed by atoms with Gasteiger partial charge in [0, 0.05) is 18.1 Å². The molecule has 0 aromatic heterocycles. The number of halogens is 1. The van der Waals surface area contributed by atoms with Gasteiger partial charge >= 0.3 is 0 Å². The molecule has 0 saturated carbocycles. The highest BCUT2D eigenvalue weighted by atomic mass is 35.5. The van der Waals surface area contributed by atoms with Gasteiger partial charge in [-0.25, -0.2) is 0 Å². The van der Waals surface area contributed by atoms with Crippen LogP contribution in [0.5, 0.6) is 0 Å². The largest absolute Gasteiger partial charge is 0.394 e. The van der Waals surface area contributed by atoms with Gasteiger partial charge in [0.1, 0.15) is 0 Å². The molecule has 2 N–H and O–H groups in total. The molecule has 1 fully saturated rings. The summed E-state index contributed by atoms with van der Waals surface area (Å²) in [4.78, 5) is 2.17. The maximum absolute atomic E-state index is 9.43. The molecule has 2 atom stereocenters. The van der Waals surface area contributed by atoms with E-state index in [1.807, 2.05) is 13.0 Å². The Morgan fingerprint density at radius 1 is 1.61 bits per heavy atom. The lowest BCUT2D eigenvalue weighted by Gasteiger charge is -2.19. The third-order valence-electron chi connectivity index (χ3n) is 3.26. The Kier molecular flexibility index (Phi) is 6.65. The molecule has 1 heterocycles. The van der Waals surface area contributed by atoms with Crippen molar-refractivity contribution in [2.24, 2.45) is 5.92 Å². The molecule has 0 aromatic rings. The van der Waals surface area contributed by atoms with Gasteiger partial charge in [0.05, 0.1) is 12.7 Å². The smallest absolute Gasteiger partial charge is 0.0897 e. The number of aliphatic hydroxyl groups is 2. The molecule has 3 nitrogen and oxygen atoms in total. The normalized spacial score (nSPS) is 24.3. The van der Waals surface area contributed by atoms with Crippen LogP contribution in [-0.4, -0.2) is 47.5 Å². The number of nitrogens with zero attached hydrogens (tertiary/aromatic N) is 1. The van der Waals surface area contributed by atoms with Crippen LogP contribution in [-0.2, 0) is 0 Å². The van der Waals surface area contributed by atoms with Crippen molar-refractivity contribution in [3.8, 4) is 0 Å². The predicted molar refractivity (Wildman–Crippen MR) is 75.5 cm³/mol. The first kappa shape index (κ1) is 15.4. The monoisotopic (exact) mass is 271 g/mol. The minimum absolute atomic E-state index is 0.181. The summed E-state index contributed by atoms with van der Waals surface area (Å²) >= 11 is 5.98. The van der Waals surface area contributed by atoms with Crippen molar-refractivity contribution in [3.05, 3.63) is 35.4 Å². The molecular formula is C14H22ClNO2. The van der Waals surface area contributed by atoms with Crippen molar-refractivity contribution in [1.82, 2.24) is 4.90 Å². The lowest BCUT2D eigenvalue weighted by molar-refractivity contribution is 0.0654. The van der Waals surface area contributed by atoms with E-state index in [1.54, 1.807) is 6.08 Å². The summed E-state index contributed by atoms with van der Waals surface area (Å²) in [6.45, 7) is 7.84. The summed E-state index contributed by atoms with van der Waals surface area (Å²) in [5.41, 5.74) is 1.21. The second-order valence-corrected chi connectivity index (χ2v) is 5.04. The number of rotatable bonds is 6. The Balaban J connectivity index is 2.57. The van der Waals surface area contributed by atoms with E-state index in [0.717, 1.165) is 19.5 Å². The van der Waals surface area contributed by atoms with E-state index in [2.05, 4.69) is 17.6 Å². The molecule has 0 radical (unpaired) electrons. The fraction of sp³-hybridized carbons (Fsp3) is 0.571. The molecule has 0 spiro atoms. The average molecular weight is 272 g/mol. The van der Waals surface area contributed by atoms with E-state index in [4.69, 9.17) is 16.7 Å². The highest BCUT2D eigenvalue weighted by molar-refractivity contribution is 6.31. The van der Waals surface area contributed by atoms with E-state index in [1.165, 1.54) is 5.57 Å². The predicted octanol–water partition coefficient (Wildman–Crippen LogP) is 1.92. The number of hydrogen-bond acceptors (Lipinski definition) is 3. The van der Waals surface area contributed by atoms with Crippen molar-refractivity contribution in [1.29, 1.82) is 0 Å². The minimum Gasteiger partial charge on any atom is -0.394 e. The van der Waals surface area contributed by atoms with Gasteiger partial charge in [-0.3, -0.25) is 0 Å². The van der Waals surface area contributed by atoms with Gasteiger partial charge in [0.25, 0.3) is 0 Å². The van der Waals surface area contributed by atoms with Crippen molar-refractivity contribution in [3.63, 3.8) is 0 Å². The molecule has 1 saturated heterocycles. The van der Waals surface area contributed by atoms with Crippen molar-refractivity contribution < 1.29 is 10.2 Å². The highest BCUT2D eigenvalue weighted by Gasteiger charge is 2.25. The number of aliphatic hydroxyl groups excluding tert-OH is 2. The van der Waals surface area contributed by atoms with Gasteiger partial charge in [-0.05, 0) is 37.5 Å². The number of hydrogen-bond donors (Lipinski definition) is 2. The molecule has 4 heteroatoms. The van der Waals surface area contributed by atoms with Crippen molar-refractivity contribution in [2.45, 2.75) is 19.4 Å². The Morgan fingerprint density at radius 3 is 2.89 bits per heavy atom. The second-order valence-electron chi connectivity index (χ2n) is 4.60. The van der Waals surface area contributed by atoms with Crippen molar-refractivity contribution in [2.75, 3.05) is 26.2 Å². The minimum atomic E-state index is -0.648. The second kappa shape index (κ2) is 7.74. The van der Waals surface area contributed by atoms with Gasteiger partial charge in [0.15, 0.2) is 0 Å². The van der Waals surface area contributed by atoms with Crippen LogP contribution in [0.1, 0.15) is 13.3 Å². The summed E-state index contributed by atoms with van der Waals surface area (Å²) in [5, 5.41) is 18.9. The van der Waals surface area contributed by atoms with Crippen LogP contribution in [0.3, 0.4) is 0 Å². The molecule has 0 aromatic carbocycles. The van der Waals surface area contributed by atoms with Gasteiger partial charge in [0.2, 0.25) is 0 Å². The van der Waals surface area contributed by atoms with Crippen LogP contribution >= 0.6 is 11.6 Å². The van der Waals surface area contributed by atoms with Gasteiger partial charge in [-0.15, -0.1) is 0 Å². The van der Waals surface area contributed by atoms with Gasteiger partial charge < -0.3 is 15.1 Å². The third kappa shape index (κ3) is 4.58. The van der Waals surface area contributed by atoms with E-state index < -0.39 is 6.10 Å². The molecule has 0 amide bonds. The first-order valence-electron chi connectivity index (χ1n) is 6.27. The van der Waals surface area contributed by atoms with Crippen LogP contribution in [0.4, 0.5) is 0 Å². The van der Waals surface area contributed by atoms with E-state index >= 15 is 0 Å². The summed E-state index contributed by atoms with van der Waals surface area (Å²) in [5.74, 6) is 0.439. The summed E-state index contributed by atoms with van der Waals surface area (Å²) < 4.78 is 0. The first-order chi connectivity index (χ1) is 8.60. The Hall–Kier alpha value is -0.610. The zero-order chi connectivity index (χ0) is 13.5. The maximum Gasteiger partial charge on any atom is 0.0897 e. The first-order valence-corrected chi connectivity index (χ1v) is 6.65. The molecule has 18 heavy (non-hydrogen) atoms. The zero-order valence-electron chi connectivity index (χ0n) is 10.8. The SMILES string of the molecule is C=C/C(Cl)=C\C(=C/C)C1CCN(CC(O)CO)C1.